The number of nitrogens with one attached hydrogen (secondary N) is 4. The molecule has 122 valence electrons. The molecule has 0 unspecified atom stereocenters. The van der Waals surface area contributed by atoms with E-state index in [1.807, 2.05) is 12.3 Å². The molecule has 2 aliphatic heterocycles. The lowest BCUT2D eigenvalue weighted by Crippen LogP contribution is -2.28. The molecule has 23 heavy (non-hydrogen) atoms. The van der Waals surface area contributed by atoms with Gasteiger partial charge in [0.15, 0.2) is 0 Å². The third-order valence-electron chi connectivity index (χ3n) is 4.45. The van der Waals surface area contributed by atoms with E-state index in [9.17, 15) is 0 Å². The molecule has 0 amide bonds. The number of halogens is 2. The summed E-state index contributed by atoms with van der Waals surface area (Å²) in [4.78, 5) is 0. The Hall–Kier alpha value is -1.40. The van der Waals surface area contributed by atoms with Crippen LogP contribution in [-0.4, -0.2) is 24.2 Å². The summed E-state index contributed by atoms with van der Waals surface area (Å²) in [6.45, 7) is 6.37. The largest absolute Gasteiger partial charge is 0.385 e. The topological polar surface area (TPSA) is 53.0 Å². The van der Waals surface area contributed by atoms with Crippen LogP contribution in [0, 0.1) is 0 Å². The smallest absolute Gasteiger partial charge is 0.0837 e. The molecule has 1 aromatic carbocycles. The van der Waals surface area contributed by atoms with Gasteiger partial charge < -0.3 is 20.6 Å². The maximum atomic E-state index is 6.60. The third kappa shape index (κ3) is 2.31. The van der Waals surface area contributed by atoms with Gasteiger partial charge in [0.1, 0.15) is 0 Å². The van der Waals surface area contributed by atoms with E-state index >= 15 is 0 Å². The number of rotatable bonds is 3. The zero-order valence-electron chi connectivity index (χ0n) is 12.9. The van der Waals surface area contributed by atoms with Gasteiger partial charge in [-0.05, 0) is 18.6 Å². The first-order chi connectivity index (χ1) is 11.2. The number of hydrogen-bond donors (Lipinski definition) is 4. The van der Waals surface area contributed by atoms with Crippen LogP contribution in [0.4, 0.5) is 5.69 Å². The van der Waals surface area contributed by atoms with Crippen molar-refractivity contribution in [3.63, 3.8) is 0 Å². The summed E-state index contributed by atoms with van der Waals surface area (Å²) in [5.74, 6) is 0. The lowest BCUT2D eigenvalue weighted by molar-refractivity contribution is 0.526. The Morgan fingerprint density at radius 1 is 1.30 bits per heavy atom. The first kappa shape index (κ1) is 15.1. The van der Waals surface area contributed by atoms with Crippen molar-refractivity contribution < 1.29 is 0 Å². The fourth-order valence-corrected chi connectivity index (χ4v) is 3.98. The van der Waals surface area contributed by atoms with E-state index in [1.54, 1.807) is 0 Å². The van der Waals surface area contributed by atoms with Gasteiger partial charge >= 0.3 is 0 Å². The van der Waals surface area contributed by atoms with Crippen LogP contribution in [0.15, 0.2) is 12.3 Å². The molecule has 0 saturated carbocycles. The van der Waals surface area contributed by atoms with Crippen LogP contribution in [0.2, 0.25) is 10.0 Å². The molecule has 1 aromatic heterocycles. The monoisotopic (exact) mass is 351 g/mol. The summed E-state index contributed by atoms with van der Waals surface area (Å²) in [5, 5.41) is 9.31. The van der Waals surface area contributed by atoms with Crippen molar-refractivity contribution >= 4 is 45.4 Å². The molecule has 0 saturated heterocycles. The first-order valence-electron chi connectivity index (χ1n) is 7.87. The Balaban J connectivity index is 2.11. The summed E-state index contributed by atoms with van der Waals surface area (Å²) in [6, 6.07) is 1.94. The van der Waals surface area contributed by atoms with Crippen molar-refractivity contribution in [3.8, 4) is 0 Å². The zero-order chi connectivity index (χ0) is 16.0. The number of nitrogens with zero attached hydrogens (tertiary/aromatic N) is 1. The molecule has 0 aliphatic carbocycles. The van der Waals surface area contributed by atoms with Gasteiger partial charge in [-0.1, -0.05) is 23.2 Å². The van der Waals surface area contributed by atoms with E-state index in [0.717, 1.165) is 49.3 Å². The van der Waals surface area contributed by atoms with Gasteiger partial charge in [0.2, 0.25) is 0 Å². The van der Waals surface area contributed by atoms with Crippen LogP contribution in [0.1, 0.15) is 18.2 Å². The second-order valence-electron chi connectivity index (χ2n) is 5.79. The van der Waals surface area contributed by atoms with Gasteiger partial charge in [-0.2, -0.15) is 0 Å². The predicted molar refractivity (Wildman–Crippen MR) is 96.9 cm³/mol. The lowest BCUT2D eigenvalue weighted by Gasteiger charge is -2.19. The van der Waals surface area contributed by atoms with E-state index < -0.39 is 0 Å². The van der Waals surface area contributed by atoms with Gasteiger partial charge in [0.05, 0.1) is 15.6 Å². The van der Waals surface area contributed by atoms with Crippen molar-refractivity contribution in [2.45, 2.75) is 20.0 Å². The standard InChI is InChI=1S/C16H19Cl2N5/c1-2-20-11-5-10(17)15(18)16-14(11)13(9-6-21-22-7-9)12-8-19-3-4-23(12)16/h5-6,19-22H,2-4,7-8H2,1H3. The first-order valence-corrected chi connectivity index (χ1v) is 8.63. The fraction of sp³-hybridized carbons (Fsp3) is 0.375. The minimum atomic E-state index is 0.595. The molecule has 3 heterocycles. The van der Waals surface area contributed by atoms with Gasteiger partial charge in [-0.25, -0.2) is 5.43 Å². The lowest BCUT2D eigenvalue weighted by atomic mass is 10.0. The van der Waals surface area contributed by atoms with E-state index in [4.69, 9.17) is 23.2 Å². The Morgan fingerprint density at radius 3 is 2.91 bits per heavy atom. The van der Waals surface area contributed by atoms with Crippen molar-refractivity contribution in [1.82, 2.24) is 20.7 Å². The van der Waals surface area contributed by atoms with Crippen LogP contribution in [-0.2, 0) is 13.1 Å². The quantitative estimate of drug-likeness (QED) is 0.686. The molecule has 7 heteroatoms. The third-order valence-corrected chi connectivity index (χ3v) is 5.23. The van der Waals surface area contributed by atoms with Crippen molar-refractivity contribution in [1.29, 1.82) is 0 Å². The Morgan fingerprint density at radius 2 is 2.17 bits per heavy atom. The van der Waals surface area contributed by atoms with Crippen molar-refractivity contribution in [2.75, 3.05) is 25.0 Å². The molecule has 0 spiro atoms. The average Bonchev–Trinajstić information content (AvgIpc) is 3.18. The predicted octanol–water partition coefficient (Wildman–Crippen LogP) is 2.93. The normalized spacial score (nSPS) is 17.1. The summed E-state index contributed by atoms with van der Waals surface area (Å²) in [7, 11) is 0. The number of hydrogen-bond acceptors (Lipinski definition) is 4. The number of aromatic nitrogens is 1. The Bertz CT molecular complexity index is 809. The molecule has 4 N–H and O–H groups in total. The average molecular weight is 352 g/mol. The van der Waals surface area contributed by atoms with Crippen LogP contribution in [0.25, 0.3) is 16.5 Å². The highest BCUT2D eigenvalue weighted by molar-refractivity contribution is 6.46. The fourth-order valence-electron chi connectivity index (χ4n) is 3.53. The van der Waals surface area contributed by atoms with Gasteiger partial charge in [-0.15, -0.1) is 0 Å². The molecule has 4 rings (SSSR count). The van der Waals surface area contributed by atoms with Crippen molar-refractivity contribution in [3.05, 3.63) is 33.6 Å². The highest BCUT2D eigenvalue weighted by Gasteiger charge is 2.27. The van der Waals surface area contributed by atoms with E-state index in [1.165, 1.54) is 16.8 Å². The molecule has 2 aromatic rings. The van der Waals surface area contributed by atoms with Gasteiger partial charge in [-0.3, -0.25) is 0 Å². The number of fused-ring (bicyclic) bond motifs is 3. The maximum absolute atomic E-state index is 6.60. The Kier molecular flexibility index (Phi) is 3.89. The van der Waals surface area contributed by atoms with Crippen molar-refractivity contribution in [2.24, 2.45) is 0 Å². The molecule has 2 aliphatic rings. The second-order valence-corrected chi connectivity index (χ2v) is 6.58. The summed E-state index contributed by atoms with van der Waals surface area (Å²) in [6.07, 6.45) is 2.03. The van der Waals surface area contributed by atoms with Crippen LogP contribution in [0.5, 0.6) is 0 Å². The number of hydrazine groups is 1. The summed E-state index contributed by atoms with van der Waals surface area (Å²) in [5.41, 5.74) is 12.1. The SMILES string of the molecule is CCNc1cc(Cl)c(Cl)c2c1c(C1=CNNC1)c1n2CCNC1. The molecular weight excluding hydrogens is 333 g/mol. The Labute approximate surface area is 145 Å². The minimum absolute atomic E-state index is 0.595. The minimum Gasteiger partial charge on any atom is -0.385 e. The molecule has 0 radical (unpaired) electrons. The highest BCUT2D eigenvalue weighted by atomic mass is 35.5. The highest BCUT2D eigenvalue weighted by Crippen LogP contribution is 2.43. The molecule has 0 fully saturated rings. The molecule has 0 atom stereocenters. The number of benzene rings is 1. The zero-order valence-corrected chi connectivity index (χ0v) is 14.4. The molecule has 0 bridgehead atoms. The maximum Gasteiger partial charge on any atom is 0.0837 e. The van der Waals surface area contributed by atoms with Crippen LogP contribution < -0.4 is 21.5 Å². The second kappa shape index (κ2) is 5.91. The van der Waals surface area contributed by atoms with E-state index in [0.29, 0.717) is 10.0 Å². The summed E-state index contributed by atoms with van der Waals surface area (Å²) < 4.78 is 2.31. The van der Waals surface area contributed by atoms with E-state index in [-0.39, 0.29) is 0 Å². The van der Waals surface area contributed by atoms with Gasteiger partial charge in [0.25, 0.3) is 0 Å². The van der Waals surface area contributed by atoms with Crippen LogP contribution >= 0.6 is 23.2 Å². The van der Waals surface area contributed by atoms with Gasteiger partial charge in [0, 0.05) is 61.3 Å². The number of anilines is 1. The van der Waals surface area contributed by atoms with Crippen LogP contribution in [0.3, 0.4) is 0 Å². The molecular formula is C16H19Cl2N5. The summed E-state index contributed by atoms with van der Waals surface area (Å²) >= 11 is 13.0. The molecule has 5 nitrogen and oxygen atoms in total. The van der Waals surface area contributed by atoms with E-state index in [2.05, 4.69) is 33.0 Å².